The van der Waals surface area contributed by atoms with Gasteiger partial charge in [0.2, 0.25) is 0 Å². The maximum absolute atomic E-state index is 10.3. The van der Waals surface area contributed by atoms with E-state index in [1.165, 1.54) is 0 Å². The van der Waals surface area contributed by atoms with E-state index in [0.717, 1.165) is 6.42 Å². The third kappa shape index (κ3) is 5.64. The minimum Gasteiger partial charge on any atom is -0.478 e. The average molecular weight is 156 g/mol. The van der Waals surface area contributed by atoms with E-state index in [1.807, 2.05) is 0 Å². The van der Waals surface area contributed by atoms with Gasteiger partial charge in [0, 0.05) is 5.57 Å². The predicted molar refractivity (Wildman–Crippen MR) is 45.5 cm³/mol. The van der Waals surface area contributed by atoms with Crippen LogP contribution < -0.4 is 0 Å². The third-order valence-corrected chi connectivity index (χ3v) is 1.36. The number of allylic oxidation sites excluding steroid dienone is 1. The number of rotatable bonds is 2. The van der Waals surface area contributed by atoms with E-state index in [0.29, 0.717) is 5.57 Å². The molecule has 0 aliphatic rings. The molecule has 0 aliphatic carbocycles. The van der Waals surface area contributed by atoms with E-state index >= 15 is 0 Å². The number of carboxylic acids is 1. The summed E-state index contributed by atoms with van der Waals surface area (Å²) in [5.74, 6) is -0.825. The molecule has 1 N–H and O–H groups in total. The highest BCUT2D eigenvalue weighted by atomic mass is 16.4. The molecule has 0 amide bonds. The molecule has 0 atom stereocenters. The SMILES string of the molecule is CC(=CCC(C)(C)C)C(=O)O. The molecule has 64 valence electrons. The topological polar surface area (TPSA) is 37.3 Å². The zero-order chi connectivity index (χ0) is 9.07. The van der Waals surface area contributed by atoms with Gasteiger partial charge in [-0.25, -0.2) is 4.79 Å². The quantitative estimate of drug-likeness (QED) is 0.623. The van der Waals surface area contributed by atoms with Crippen molar-refractivity contribution < 1.29 is 9.90 Å². The van der Waals surface area contributed by atoms with Crippen LogP contribution in [0, 0.1) is 5.41 Å². The maximum atomic E-state index is 10.3. The Hall–Kier alpha value is -0.790. The molecular weight excluding hydrogens is 140 g/mol. The second kappa shape index (κ2) is 3.56. The Morgan fingerprint density at radius 3 is 2.18 bits per heavy atom. The van der Waals surface area contributed by atoms with Crippen LogP contribution in [0.3, 0.4) is 0 Å². The van der Waals surface area contributed by atoms with Crippen LogP contribution in [-0.2, 0) is 4.79 Å². The van der Waals surface area contributed by atoms with Crippen LogP contribution >= 0.6 is 0 Å². The van der Waals surface area contributed by atoms with Gasteiger partial charge in [-0.1, -0.05) is 26.8 Å². The molecule has 2 nitrogen and oxygen atoms in total. The van der Waals surface area contributed by atoms with Crippen LogP contribution in [-0.4, -0.2) is 11.1 Å². The van der Waals surface area contributed by atoms with Crippen LogP contribution in [0.5, 0.6) is 0 Å². The smallest absolute Gasteiger partial charge is 0.330 e. The summed E-state index contributed by atoms with van der Waals surface area (Å²) in [6.07, 6.45) is 2.58. The fourth-order valence-electron chi connectivity index (χ4n) is 0.547. The van der Waals surface area contributed by atoms with E-state index in [-0.39, 0.29) is 5.41 Å². The van der Waals surface area contributed by atoms with Crippen LogP contribution in [0.15, 0.2) is 11.6 Å². The zero-order valence-corrected chi connectivity index (χ0v) is 7.64. The highest BCUT2D eigenvalue weighted by molar-refractivity contribution is 5.85. The molecule has 0 saturated carbocycles. The van der Waals surface area contributed by atoms with Gasteiger partial charge in [-0.2, -0.15) is 0 Å². The van der Waals surface area contributed by atoms with Crippen molar-refractivity contribution in [3.05, 3.63) is 11.6 Å². The highest BCUT2D eigenvalue weighted by Gasteiger charge is 2.08. The van der Waals surface area contributed by atoms with Crippen LogP contribution in [0.4, 0.5) is 0 Å². The first-order valence-electron chi connectivity index (χ1n) is 3.73. The van der Waals surface area contributed by atoms with Crippen molar-refractivity contribution in [2.75, 3.05) is 0 Å². The molecule has 0 aromatic heterocycles. The van der Waals surface area contributed by atoms with Gasteiger partial charge < -0.3 is 5.11 Å². The van der Waals surface area contributed by atoms with Crippen LogP contribution in [0.1, 0.15) is 34.1 Å². The average Bonchev–Trinajstić information content (AvgIpc) is 1.80. The summed E-state index contributed by atoms with van der Waals surface area (Å²) >= 11 is 0. The summed E-state index contributed by atoms with van der Waals surface area (Å²) in [5.41, 5.74) is 0.608. The highest BCUT2D eigenvalue weighted by Crippen LogP contribution is 2.19. The van der Waals surface area contributed by atoms with E-state index in [9.17, 15) is 4.79 Å². The molecule has 0 rings (SSSR count). The van der Waals surface area contributed by atoms with Gasteiger partial charge >= 0.3 is 5.97 Å². The Labute approximate surface area is 67.9 Å². The first-order chi connectivity index (χ1) is 4.83. The molecule has 0 spiro atoms. The van der Waals surface area contributed by atoms with Crippen molar-refractivity contribution in [3.8, 4) is 0 Å². The van der Waals surface area contributed by atoms with Crippen molar-refractivity contribution >= 4 is 5.97 Å². The number of carboxylic acid groups (broad SMARTS) is 1. The van der Waals surface area contributed by atoms with Crippen molar-refractivity contribution in [1.82, 2.24) is 0 Å². The van der Waals surface area contributed by atoms with Gasteiger partial charge in [0.15, 0.2) is 0 Å². The maximum Gasteiger partial charge on any atom is 0.330 e. The Balaban J connectivity index is 4.04. The lowest BCUT2D eigenvalue weighted by Gasteiger charge is -2.14. The Morgan fingerprint density at radius 1 is 1.45 bits per heavy atom. The second-order valence-corrected chi connectivity index (χ2v) is 3.96. The number of hydrogen-bond donors (Lipinski definition) is 1. The molecule has 0 aromatic rings. The van der Waals surface area contributed by atoms with E-state index in [2.05, 4.69) is 20.8 Å². The fraction of sp³-hybridized carbons (Fsp3) is 0.667. The van der Waals surface area contributed by atoms with Crippen LogP contribution in [0.25, 0.3) is 0 Å². The van der Waals surface area contributed by atoms with Gasteiger partial charge in [-0.15, -0.1) is 0 Å². The van der Waals surface area contributed by atoms with Crippen molar-refractivity contribution in [3.63, 3.8) is 0 Å². The molecule has 0 fully saturated rings. The molecule has 0 heterocycles. The Bertz CT molecular complexity index is 172. The number of aliphatic carboxylic acids is 1. The van der Waals surface area contributed by atoms with Crippen LogP contribution in [0.2, 0.25) is 0 Å². The van der Waals surface area contributed by atoms with E-state index < -0.39 is 5.97 Å². The molecule has 0 aliphatic heterocycles. The van der Waals surface area contributed by atoms with Gasteiger partial charge in [0.05, 0.1) is 0 Å². The van der Waals surface area contributed by atoms with Gasteiger partial charge in [0.25, 0.3) is 0 Å². The standard InChI is InChI=1S/C9H16O2/c1-7(8(10)11)5-6-9(2,3)4/h5H,6H2,1-4H3,(H,10,11). The molecule has 2 heteroatoms. The molecule has 0 bridgehead atoms. The summed E-state index contributed by atoms with van der Waals surface area (Å²) in [6.45, 7) is 7.87. The first kappa shape index (κ1) is 10.2. The number of hydrogen-bond acceptors (Lipinski definition) is 1. The summed E-state index contributed by atoms with van der Waals surface area (Å²) in [6, 6.07) is 0. The molecule has 0 saturated heterocycles. The third-order valence-electron chi connectivity index (χ3n) is 1.36. The lowest BCUT2D eigenvalue weighted by atomic mass is 9.91. The predicted octanol–water partition coefficient (Wildman–Crippen LogP) is 2.45. The minimum absolute atomic E-state index is 0.177. The Morgan fingerprint density at radius 2 is 1.91 bits per heavy atom. The monoisotopic (exact) mass is 156 g/mol. The lowest BCUT2D eigenvalue weighted by molar-refractivity contribution is -0.132. The first-order valence-corrected chi connectivity index (χ1v) is 3.73. The summed E-state index contributed by atoms with van der Waals surface area (Å²) in [4.78, 5) is 10.3. The van der Waals surface area contributed by atoms with Gasteiger partial charge in [0.1, 0.15) is 0 Å². The van der Waals surface area contributed by atoms with E-state index in [1.54, 1.807) is 13.0 Å². The van der Waals surface area contributed by atoms with Crippen molar-refractivity contribution in [1.29, 1.82) is 0 Å². The molecular formula is C9H16O2. The molecule has 0 aromatic carbocycles. The summed E-state index contributed by atoms with van der Waals surface area (Å²) in [5, 5.41) is 8.51. The summed E-state index contributed by atoms with van der Waals surface area (Å²) in [7, 11) is 0. The second-order valence-electron chi connectivity index (χ2n) is 3.96. The largest absolute Gasteiger partial charge is 0.478 e. The van der Waals surface area contributed by atoms with Crippen molar-refractivity contribution in [2.45, 2.75) is 34.1 Å². The Kier molecular flexibility index (Phi) is 3.30. The normalized spacial score (nSPS) is 13.3. The van der Waals surface area contributed by atoms with E-state index in [4.69, 9.17) is 5.11 Å². The van der Waals surface area contributed by atoms with Crippen molar-refractivity contribution in [2.24, 2.45) is 5.41 Å². The molecule has 11 heavy (non-hydrogen) atoms. The lowest BCUT2D eigenvalue weighted by Crippen LogP contribution is -2.04. The molecule has 0 unspecified atom stereocenters. The minimum atomic E-state index is -0.825. The zero-order valence-electron chi connectivity index (χ0n) is 7.64. The molecule has 0 radical (unpaired) electrons. The van der Waals surface area contributed by atoms with Gasteiger partial charge in [-0.3, -0.25) is 0 Å². The number of carbonyl (C=O) groups is 1. The fourth-order valence-corrected chi connectivity index (χ4v) is 0.547. The van der Waals surface area contributed by atoms with Gasteiger partial charge in [-0.05, 0) is 18.8 Å². The summed E-state index contributed by atoms with van der Waals surface area (Å²) < 4.78 is 0.